The molecule has 7 heteroatoms. The number of hydrogen-bond acceptors (Lipinski definition) is 4. The second kappa shape index (κ2) is 7.65. The van der Waals surface area contributed by atoms with Gasteiger partial charge in [-0.25, -0.2) is 0 Å². The zero-order valence-corrected chi connectivity index (χ0v) is 12.8. The lowest BCUT2D eigenvalue weighted by atomic mass is 10.2. The Bertz CT molecular complexity index is 593. The Hall–Kier alpha value is -2.28. The van der Waals surface area contributed by atoms with Gasteiger partial charge in [0.05, 0.1) is 4.92 Å². The molecule has 1 aromatic rings. The lowest BCUT2D eigenvalue weighted by Crippen LogP contribution is -2.42. The Morgan fingerprint density at radius 3 is 2.50 bits per heavy atom. The highest BCUT2D eigenvalue weighted by Gasteiger charge is 2.15. The molecule has 1 aromatic carbocycles. The molecule has 1 saturated carbocycles. The highest BCUT2D eigenvalue weighted by molar-refractivity contribution is 7.80. The number of rotatable bonds is 4. The van der Waals surface area contributed by atoms with Crippen LogP contribution in [-0.4, -0.2) is 22.0 Å². The Labute approximate surface area is 133 Å². The molecule has 116 valence electrons. The minimum atomic E-state index is -0.465. The van der Waals surface area contributed by atoms with Crippen LogP contribution >= 0.6 is 12.2 Å². The molecule has 1 fully saturated rings. The zero-order chi connectivity index (χ0) is 15.9. The maximum Gasteiger partial charge on any atom is 0.269 e. The number of nitrogens with one attached hydrogen (secondary N) is 2. The highest BCUT2D eigenvalue weighted by atomic mass is 32.1. The summed E-state index contributed by atoms with van der Waals surface area (Å²) in [5.74, 6) is -0.325. The third kappa shape index (κ3) is 4.92. The fourth-order valence-electron chi connectivity index (χ4n) is 2.32. The second-order valence-corrected chi connectivity index (χ2v) is 5.53. The van der Waals surface area contributed by atoms with E-state index in [-0.39, 0.29) is 11.6 Å². The van der Waals surface area contributed by atoms with Crippen LogP contribution in [0.4, 0.5) is 5.69 Å². The van der Waals surface area contributed by atoms with Gasteiger partial charge in [-0.15, -0.1) is 0 Å². The molecule has 22 heavy (non-hydrogen) atoms. The molecule has 0 aromatic heterocycles. The third-order valence-electron chi connectivity index (χ3n) is 3.46. The van der Waals surface area contributed by atoms with Gasteiger partial charge in [-0.1, -0.05) is 12.8 Å². The average Bonchev–Trinajstić information content (AvgIpc) is 2.98. The maximum atomic E-state index is 11.7. The van der Waals surface area contributed by atoms with Gasteiger partial charge < -0.3 is 5.32 Å². The van der Waals surface area contributed by atoms with Gasteiger partial charge in [0.1, 0.15) is 0 Å². The van der Waals surface area contributed by atoms with Gasteiger partial charge in [0.15, 0.2) is 5.11 Å². The van der Waals surface area contributed by atoms with Gasteiger partial charge in [0, 0.05) is 24.3 Å². The molecule has 0 heterocycles. The van der Waals surface area contributed by atoms with E-state index >= 15 is 0 Å². The number of nitro groups is 1. The van der Waals surface area contributed by atoms with E-state index in [4.69, 9.17) is 12.2 Å². The summed E-state index contributed by atoms with van der Waals surface area (Å²) in [6.45, 7) is 0. The van der Waals surface area contributed by atoms with E-state index in [1.165, 1.54) is 31.1 Å². The van der Waals surface area contributed by atoms with Crippen LogP contribution < -0.4 is 10.6 Å². The molecular weight excluding hydrogens is 302 g/mol. The minimum Gasteiger partial charge on any atom is -0.360 e. The monoisotopic (exact) mass is 319 g/mol. The molecule has 1 amide bonds. The lowest BCUT2D eigenvalue weighted by molar-refractivity contribution is -0.384. The van der Waals surface area contributed by atoms with Crippen LogP contribution in [-0.2, 0) is 4.79 Å². The summed E-state index contributed by atoms with van der Waals surface area (Å²) < 4.78 is 0. The first kappa shape index (κ1) is 16.1. The number of amides is 1. The molecule has 0 radical (unpaired) electrons. The minimum absolute atomic E-state index is 0.0172. The first-order valence-electron chi connectivity index (χ1n) is 7.08. The Kier molecular flexibility index (Phi) is 5.60. The lowest BCUT2D eigenvalue weighted by Gasteiger charge is -2.13. The van der Waals surface area contributed by atoms with Crippen molar-refractivity contribution in [1.82, 2.24) is 10.6 Å². The molecule has 0 atom stereocenters. The maximum absolute atomic E-state index is 11.7. The predicted molar refractivity (Wildman–Crippen MR) is 88.3 cm³/mol. The number of carbonyl (C=O) groups excluding carboxylic acids is 1. The van der Waals surface area contributed by atoms with Crippen LogP contribution in [0.1, 0.15) is 31.2 Å². The van der Waals surface area contributed by atoms with E-state index in [1.54, 1.807) is 18.2 Å². The van der Waals surface area contributed by atoms with E-state index < -0.39 is 4.92 Å². The van der Waals surface area contributed by atoms with Crippen molar-refractivity contribution < 1.29 is 9.72 Å². The van der Waals surface area contributed by atoms with Crippen LogP contribution in [0.15, 0.2) is 30.3 Å². The topological polar surface area (TPSA) is 84.3 Å². The van der Waals surface area contributed by atoms with Crippen LogP contribution in [0.25, 0.3) is 6.08 Å². The van der Waals surface area contributed by atoms with Crippen molar-refractivity contribution in [2.75, 3.05) is 0 Å². The van der Waals surface area contributed by atoms with E-state index in [0.29, 0.717) is 16.7 Å². The summed E-state index contributed by atoms with van der Waals surface area (Å²) in [7, 11) is 0. The van der Waals surface area contributed by atoms with Crippen LogP contribution in [0, 0.1) is 10.1 Å². The summed E-state index contributed by atoms with van der Waals surface area (Å²) >= 11 is 5.09. The van der Waals surface area contributed by atoms with Gasteiger partial charge in [-0.3, -0.25) is 20.2 Å². The van der Waals surface area contributed by atoms with Gasteiger partial charge in [-0.2, -0.15) is 0 Å². The van der Waals surface area contributed by atoms with Gasteiger partial charge in [0.2, 0.25) is 5.91 Å². The molecule has 0 spiro atoms. The van der Waals surface area contributed by atoms with Crippen molar-refractivity contribution in [2.24, 2.45) is 0 Å². The number of nitro benzene ring substituents is 1. The number of benzene rings is 1. The summed E-state index contributed by atoms with van der Waals surface area (Å²) in [6, 6.07) is 6.30. The Balaban J connectivity index is 1.82. The van der Waals surface area contributed by atoms with Crippen LogP contribution in [0.2, 0.25) is 0 Å². The van der Waals surface area contributed by atoms with Crippen molar-refractivity contribution in [3.8, 4) is 0 Å². The van der Waals surface area contributed by atoms with Crippen molar-refractivity contribution in [3.63, 3.8) is 0 Å². The van der Waals surface area contributed by atoms with Crippen molar-refractivity contribution in [2.45, 2.75) is 31.7 Å². The number of non-ortho nitro benzene ring substituents is 1. The normalized spacial score (nSPS) is 14.9. The molecule has 0 aliphatic heterocycles. The summed E-state index contributed by atoms with van der Waals surface area (Å²) in [5.41, 5.74) is 0.721. The molecule has 1 aliphatic carbocycles. The molecule has 6 nitrogen and oxygen atoms in total. The molecule has 0 bridgehead atoms. The summed E-state index contributed by atoms with van der Waals surface area (Å²) in [4.78, 5) is 21.8. The second-order valence-electron chi connectivity index (χ2n) is 5.13. The standard InChI is InChI=1S/C15H17N3O3S/c19-14(17-15(22)16-12-3-1-2-4-12)10-7-11-5-8-13(9-6-11)18(20)21/h5-10,12H,1-4H2,(H2,16,17,19,22)/b10-7+. The molecule has 1 aliphatic rings. The van der Waals surface area contributed by atoms with Gasteiger partial charge in [-0.05, 0) is 48.8 Å². The first-order chi connectivity index (χ1) is 10.5. The predicted octanol–water partition coefficient (Wildman–Crippen LogP) is 2.54. The van der Waals surface area contributed by atoms with E-state index in [1.807, 2.05) is 0 Å². The van der Waals surface area contributed by atoms with Crippen LogP contribution in [0.5, 0.6) is 0 Å². The van der Waals surface area contributed by atoms with Crippen LogP contribution in [0.3, 0.4) is 0 Å². The van der Waals surface area contributed by atoms with E-state index in [9.17, 15) is 14.9 Å². The average molecular weight is 319 g/mol. The zero-order valence-electron chi connectivity index (χ0n) is 12.0. The summed E-state index contributed by atoms with van der Waals surface area (Å²) in [6.07, 6.45) is 7.47. The number of nitrogens with zero attached hydrogens (tertiary/aromatic N) is 1. The number of carbonyl (C=O) groups is 1. The molecule has 2 rings (SSSR count). The first-order valence-corrected chi connectivity index (χ1v) is 7.49. The van der Waals surface area contributed by atoms with E-state index in [0.717, 1.165) is 12.8 Å². The Morgan fingerprint density at radius 1 is 1.27 bits per heavy atom. The fraction of sp³-hybridized carbons (Fsp3) is 0.333. The van der Waals surface area contributed by atoms with Crippen molar-refractivity contribution in [1.29, 1.82) is 0 Å². The number of thiocarbonyl (C=S) groups is 1. The van der Waals surface area contributed by atoms with E-state index in [2.05, 4.69) is 10.6 Å². The molecule has 2 N–H and O–H groups in total. The molecule has 0 saturated heterocycles. The highest BCUT2D eigenvalue weighted by Crippen LogP contribution is 2.17. The van der Waals surface area contributed by atoms with Gasteiger partial charge >= 0.3 is 0 Å². The number of hydrogen-bond donors (Lipinski definition) is 2. The van der Waals surface area contributed by atoms with Gasteiger partial charge in [0.25, 0.3) is 5.69 Å². The largest absolute Gasteiger partial charge is 0.360 e. The quantitative estimate of drug-likeness (QED) is 0.385. The fourth-order valence-corrected chi connectivity index (χ4v) is 2.59. The molecular formula is C15H17N3O3S. The van der Waals surface area contributed by atoms with Crippen molar-refractivity contribution in [3.05, 3.63) is 46.0 Å². The third-order valence-corrected chi connectivity index (χ3v) is 3.68. The van der Waals surface area contributed by atoms with Crippen molar-refractivity contribution >= 4 is 35.0 Å². The Morgan fingerprint density at radius 2 is 1.91 bits per heavy atom. The summed E-state index contributed by atoms with van der Waals surface area (Å²) in [5, 5.41) is 16.6. The SMILES string of the molecule is O=C(/C=C/c1ccc([N+](=O)[O-])cc1)NC(=S)NC1CCCC1. The smallest absolute Gasteiger partial charge is 0.269 e. The molecule has 0 unspecified atom stereocenters.